The summed E-state index contributed by atoms with van der Waals surface area (Å²) >= 11 is 0. The van der Waals surface area contributed by atoms with Crippen LogP contribution in [0.5, 0.6) is 0 Å². The summed E-state index contributed by atoms with van der Waals surface area (Å²) in [5.41, 5.74) is 11.6. The van der Waals surface area contributed by atoms with Gasteiger partial charge in [-0.15, -0.1) is 0 Å². The van der Waals surface area contributed by atoms with Crippen LogP contribution in [-0.2, 0) is 5.41 Å². The lowest BCUT2D eigenvalue weighted by Crippen LogP contribution is -2.19. The molecule has 4 aromatic carbocycles. The third-order valence-electron chi connectivity index (χ3n) is 7.61. The Balaban J connectivity index is 1.45. The Kier molecular flexibility index (Phi) is 5.22. The van der Waals surface area contributed by atoms with E-state index in [4.69, 9.17) is 0 Å². The van der Waals surface area contributed by atoms with Gasteiger partial charge in [-0.05, 0) is 76.1 Å². The highest BCUT2D eigenvalue weighted by molar-refractivity contribution is 5.84. The average molecular weight is 454 g/mol. The zero-order valence-corrected chi connectivity index (χ0v) is 20.7. The molecular weight excluding hydrogens is 422 g/mol. The van der Waals surface area contributed by atoms with E-state index >= 15 is 0 Å². The molecule has 0 heterocycles. The molecule has 0 spiro atoms. The maximum Gasteiger partial charge on any atom is 0.0464 e. The Labute approximate surface area is 209 Å². The highest BCUT2D eigenvalue weighted by atomic mass is 15.1. The van der Waals surface area contributed by atoms with Gasteiger partial charge in [0.1, 0.15) is 0 Å². The van der Waals surface area contributed by atoms with Crippen LogP contribution in [0.1, 0.15) is 38.3 Å². The zero-order valence-electron chi connectivity index (χ0n) is 20.7. The maximum absolute atomic E-state index is 2.41. The van der Waals surface area contributed by atoms with E-state index in [1.807, 2.05) is 0 Å². The zero-order chi connectivity index (χ0) is 24.0. The highest BCUT2D eigenvalue weighted by Gasteiger charge is 2.35. The first-order chi connectivity index (χ1) is 17.0. The van der Waals surface area contributed by atoms with E-state index < -0.39 is 0 Å². The molecule has 0 bridgehead atoms. The van der Waals surface area contributed by atoms with E-state index in [2.05, 4.69) is 141 Å². The van der Waals surface area contributed by atoms with Crippen LogP contribution in [0.4, 0.5) is 11.4 Å². The number of anilines is 2. The van der Waals surface area contributed by atoms with Crippen LogP contribution in [0.2, 0.25) is 0 Å². The molecule has 0 aliphatic heterocycles. The minimum atomic E-state index is -0.0178. The van der Waals surface area contributed by atoms with Gasteiger partial charge < -0.3 is 4.90 Å². The molecule has 0 radical (unpaired) electrons. The predicted molar refractivity (Wildman–Crippen MR) is 149 cm³/mol. The predicted octanol–water partition coefficient (Wildman–Crippen LogP) is 9.28. The topological polar surface area (TPSA) is 3.24 Å². The molecule has 0 aromatic heterocycles. The second-order valence-corrected chi connectivity index (χ2v) is 10.3. The summed E-state index contributed by atoms with van der Waals surface area (Å²) < 4.78 is 0. The maximum atomic E-state index is 2.41. The van der Waals surface area contributed by atoms with Gasteiger partial charge in [0.15, 0.2) is 0 Å². The third-order valence-corrected chi connectivity index (χ3v) is 7.61. The molecule has 172 valence electrons. The molecule has 1 atom stereocenters. The van der Waals surface area contributed by atoms with Crippen LogP contribution in [0, 0.1) is 5.92 Å². The molecule has 1 nitrogen and oxygen atoms in total. The van der Waals surface area contributed by atoms with Crippen LogP contribution in [0.15, 0.2) is 121 Å². The number of rotatable bonds is 4. The van der Waals surface area contributed by atoms with Gasteiger partial charge in [-0.25, -0.2) is 0 Å². The quantitative estimate of drug-likeness (QED) is 0.297. The van der Waals surface area contributed by atoms with Crippen molar-refractivity contribution in [3.8, 4) is 22.3 Å². The average Bonchev–Trinajstić information content (AvgIpc) is 3.13. The highest BCUT2D eigenvalue weighted by Crippen LogP contribution is 2.50. The molecular formula is C34H31N. The Morgan fingerprint density at radius 2 is 1.34 bits per heavy atom. The van der Waals surface area contributed by atoms with E-state index in [0.717, 1.165) is 6.42 Å². The Bertz CT molecular complexity index is 1440. The molecule has 2 aliphatic carbocycles. The van der Waals surface area contributed by atoms with E-state index in [9.17, 15) is 0 Å². The number of allylic oxidation sites excluding steroid dienone is 3. The Morgan fingerprint density at radius 3 is 2.09 bits per heavy atom. The van der Waals surface area contributed by atoms with E-state index in [0.29, 0.717) is 5.92 Å². The van der Waals surface area contributed by atoms with Crippen molar-refractivity contribution in [3.63, 3.8) is 0 Å². The summed E-state index contributed by atoms with van der Waals surface area (Å²) in [6, 6.07) is 35.4. The second-order valence-electron chi connectivity index (χ2n) is 10.3. The number of benzene rings is 4. The molecule has 0 saturated heterocycles. The normalized spacial score (nSPS) is 17.5. The summed E-state index contributed by atoms with van der Waals surface area (Å²) in [5, 5.41) is 0. The van der Waals surface area contributed by atoms with Gasteiger partial charge >= 0.3 is 0 Å². The molecule has 1 heteroatoms. The smallest absolute Gasteiger partial charge is 0.0464 e. The van der Waals surface area contributed by atoms with Crippen molar-refractivity contribution in [3.05, 3.63) is 132 Å². The van der Waals surface area contributed by atoms with E-state index in [-0.39, 0.29) is 5.41 Å². The number of hydrogen-bond donors (Lipinski definition) is 0. The van der Waals surface area contributed by atoms with Gasteiger partial charge in [0, 0.05) is 22.5 Å². The molecule has 0 N–H and O–H groups in total. The Hall–Kier alpha value is -3.84. The van der Waals surface area contributed by atoms with Crippen LogP contribution < -0.4 is 4.90 Å². The SMILES string of the molecule is CC1C=CC(N(c2ccc(-c3ccccc3)cc2)c2ccc3c(c2)C(C)(C)c2ccccc2-3)=CC1. The fourth-order valence-electron chi connectivity index (χ4n) is 5.59. The molecule has 0 amide bonds. The lowest BCUT2D eigenvalue weighted by atomic mass is 9.82. The number of nitrogens with zero attached hydrogens (tertiary/aromatic N) is 1. The van der Waals surface area contributed by atoms with Crippen LogP contribution >= 0.6 is 0 Å². The third kappa shape index (κ3) is 3.72. The fourth-order valence-corrected chi connectivity index (χ4v) is 5.59. The van der Waals surface area contributed by atoms with Crippen molar-refractivity contribution in [1.29, 1.82) is 0 Å². The van der Waals surface area contributed by atoms with Crippen molar-refractivity contribution in [2.24, 2.45) is 5.92 Å². The molecule has 0 fully saturated rings. The van der Waals surface area contributed by atoms with Crippen molar-refractivity contribution in [2.75, 3.05) is 4.90 Å². The van der Waals surface area contributed by atoms with Gasteiger partial charge in [0.25, 0.3) is 0 Å². The lowest BCUT2D eigenvalue weighted by molar-refractivity contribution is 0.660. The number of hydrogen-bond acceptors (Lipinski definition) is 1. The number of fused-ring (bicyclic) bond motifs is 3. The molecule has 35 heavy (non-hydrogen) atoms. The molecule has 2 aliphatic rings. The molecule has 6 rings (SSSR count). The largest absolute Gasteiger partial charge is 0.311 e. The summed E-state index contributed by atoms with van der Waals surface area (Å²) in [5.74, 6) is 0.578. The fraction of sp³-hybridized carbons (Fsp3) is 0.176. The van der Waals surface area contributed by atoms with Crippen molar-refractivity contribution < 1.29 is 0 Å². The van der Waals surface area contributed by atoms with Crippen LogP contribution in [-0.4, -0.2) is 0 Å². The summed E-state index contributed by atoms with van der Waals surface area (Å²) in [6.45, 7) is 6.97. The van der Waals surface area contributed by atoms with Crippen LogP contribution in [0.25, 0.3) is 22.3 Å². The van der Waals surface area contributed by atoms with Gasteiger partial charge in [-0.3, -0.25) is 0 Å². The van der Waals surface area contributed by atoms with Gasteiger partial charge in [-0.1, -0.05) is 106 Å². The first-order valence-electron chi connectivity index (χ1n) is 12.6. The van der Waals surface area contributed by atoms with Crippen molar-refractivity contribution in [2.45, 2.75) is 32.6 Å². The van der Waals surface area contributed by atoms with Gasteiger partial charge in [0.05, 0.1) is 0 Å². The summed E-state index contributed by atoms with van der Waals surface area (Å²) in [7, 11) is 0. The summed E-state index contributed by atoms with van der Waals surface area (Å²) in [4.78, 5) is 2.41. The van der Waals surface area contributed by atoms with Crippen LogP contribution in [0.3, 0.4) is 0 Å². The monoisotopic (exact) mass is 453 g/mol. The Morgan fingerprint density at radius 1 is 0.686 bits per heavy atom. The molecule has 4 aromatic rings. The van der Waals surface area contributed by atoms with E-state index in [1.54, 1.807) is 0 Å². The summed E-state index contributed by atoms with van der Waals surface area (Å²) in [6.07, 6.45) is 8.05. The first kappa shape index (κ1) is 21.7. The minimum Gasteiger partial charge on any atom is -0.311 e. The van der Waals surface area contributed by atoms with Gasteiger partial charge in [0.2, 0.25) is 0 Å². The molecule has 1 unspecified atom stereocenters. The first-order valence-corrected chi connectivity index (χ1v) is 12.6. The standard InChI is InChI=1S/C34H31N/c1-24-13-17-27(18-14-24)35(28-19-15-26(16-20-28)25-9-5-4-6-10-25)29-21-22-31-30-11-7-8-12-32(30)34(2,3)33(31)23-29/h4-13,15-24H,14H2,1-3H3. The van der Waals surface area contributed by atoms with Gasteiger partial charge in [-0.2, -0.15) is 0 Å². The van der Waals surface area contributed by atoms with E-state index in [1.165, 1.54) is 50.5 Å². The second kappa shape index (κ2) is 8.43. The minimum absolute atomic E-state index is 0.0178. The lowest BCUT2D eigenvalue weighted by Gasteiger charge is -2.30. The van der Waals surface area contributed by atoms with Crippen molar-refractivity contribution in [1.82, 2.24) is 0 Å². The molecule has 0 saturated carbocycles. The van der Waals surface area contributed by atoms with Crippen molar-refractivity contribution >= 4 is 11.4 Å².